The molecule has 10 heteroatoms. The normalized spacial score (nSPS) is 23.9. The summed E-state index contributed by atoms with van der Waals surface area (Å²) in [5.74, 6) is 1.40. The molecule has 8 nitrogen and oxygen atoms in total. The molecule has 206 valence electrons. The average Bonchev–Trinajstić information content (AvgIpc) is 3.53. The number of carboxylic acids is 1. The van der Waals surface area contributed by atoms with E-state index in [1.807, 2.05) is 24.3 Å². The Morgan fingerprint density at radius 1 is 0.975 bits per heavy atom. The zero-order chi connectivity index (χ0) is 27.5. The number of hydrogen-bond acceptors (Lipinski definition) is 7. The van der Waals surface area contributed by atoms with Gasteiger partial charge in [-0.25, -0.2) is 4.79 Å². The van der Waals surface area contributed by atoms with Crippen LogP contribution in [0.1, 0.15) is 79.3 Å². The number of nitrogens with one attached hydrogen (secondary N) is 1. The van der Waals surface area contributed by atoms with Gasteiger partial charge in [-0.05, 0) is 81.0 Å². The van der Waals surface area contributed by atoms with Gasteiger partial charge in [0.05, 0.1) is 15.6 Å². The van der Waals surface area contributed by atoms with Crippen LogP contribution in [0.5, 0.6) is 0 Å². The lowest BCUT2D eigenvalue weighted by molar-refractivity contribution is 0.0322. The van der Waals surface area contributed by atoms with Gasteiger partial charge >= 0.3 is 5.97 Å². The van der Waals surface area contributed by atoms with Gasteiger partial charge in [-0.3, -0.25) is 0 Å². The highest BCUT2D eigenvalue weighted by Crippen LogP contribution is 2.58. The van der Waals surface area contributed by atoms with Crippen LogP contribution in [0.2, 0.25) is 10.0 Å². The summed E-state index contributed by atoms with van der Waals surface area (Å²) in [5, 5.41) is 22.8. The van der Waals surface area contributed by atoms with Gasteiger partial charge in [0.1, 0.15) is 11.4 Å². The van der Waals surface area contributed by atoms with Crippen molar-refractivity contribution in [2.75, 3.05) is 11.9 Å². The van der Waals surface area contributed by atoms with Crippen LogP contribution in [0, 0.1) is 5.41 Å². The van der Waals surface area contributed by atoms with Crippen LogP contribution < -0.4 is 5.32 Å². The summed E-state index contributed by atoms with van der Waals surface area (Å²) in [5.41, 5.74) is 3.16. The first-order valence-corrected chi connectivity index (χ1v) is 14.5. The number of aromatic carboxylic acids is 1. The van der Waals surface area contributed by atoms with Gasteiger partial charge in [-0.15, -0.1) is 0 Å². The van der Waals surface area contributed by atoms with Crippen molar-refractivity contribution in [3.8, 4) is 22.6 Å². The molecule has 4 aliphatic carbocycles. The maximum atomic E-state index is 11.4. The second-order valence-corrected chi connectivity index (χ2v) is 12.4. The maximum Gasteiger partial charge on any atom is 0.335 e. The number of carboxylic acid groups (broad SMARTS) is 1. The van der Waals surface area contributed by atoms with E-state index in [2.05, 4.69) is 15.6 Å². The number of nitrogens with zero attached hydrogens (tertiary/aromatic N) is 3. The number of halogens is 2. The Hall–Kier alpha value is -3.36. The van der Waals surface area contributed by atoms with Gasteiger partial charge in [0.15, 0.2) is 5.76 Å². The Morgan fingerprint density at radius 2 is 1.68 bits per heavy atom. The van der Waals surface area contributed by atoms with E-state index in [0.717, 1.165) is 69.4 Å². The monoisotopic (exact) mass is 578 g/mol. The third kappa shape index (κ3) is 4.38. The lowest BCUT2D eigenvalue weighted by atomic mass is 9.53. The third-order valence-electron chi connectivity index (χ3n) is 9.16. The van der Waals surface area contributed by atoms with Crippen LogP contribution in [-0.4, -0.2) is 32.9 Å². The molecule has 0 aliphatic heterocycles. The minimum atomic E-state index is -0.980. The molecule has 2 aromatic carbocycles. The number of aromatic nitrogens is 3. The quantitative estimate of drug-likeness (QED) is 0.216. The smallest absolute Gasteiger partial charge is 0.335 e. The molecule has 4 saturated carbocycles. The lowest BCUT2D eigenvalue weighted by Gasteiger charge is -2.52. The molecule has 0 saturated heterocycles. The van der Waals surface area contributed by atoms with Gasteiger partial charge < -0.3 is 19.5 Å². The fraction of sp³-hybridized carbons (Fsp3) is 0.400. The van der Waals surface area contributed by atoms with Crippen molar-refractivity contribution in [1.82, 2.24) is 15.3 Å². The molecule has 0 spiro atoms. The van der Waals surface area contributed by atoms with E-state index in [4.69, 9.17) is 37.2 Å². The maximum absolute atomic E-state index is 11.4. The minimum Gasteiger partial charge on any atom is -0.478 e. The summed E-state index contributed by atoms with van der Waals surface area (Å²) in [6, 6.07) is 12.1. The molecular formula is C30H28Cl2N4O4. The Bertz CT molecular complexity index is 1560. The zero-order valence-electron chi connectivity index (χ0n) is 21.8. The van der Waals surface area contributed by atoms with Gasteiger partial charge in [0.25, 0.3) is 0 Å². The Labute approximate surface area is 241 Å². The summed E-state index contributed by atoms with van der Waals surface area (Å²) < 4.78 is 11.6. The van der Waals surface area contributed by atoms with Crippen molar-refractivity contribution >= 4 is 34.9 Å². The fourth-order valence-electron chi connectivity index (χ4n) is 6.47. The summed E-state index contributed by atoms with van der Waals surface area (Å²) >= 11 is 13.1. The molecule has 2 heterocycles. The fourth-order valence-corrected chi connectivity index (χ4v) is 7.04. The van der Waals surface area contributed by atoms with Crippen molar-refractivity contribution in [3.05, 3.63) is 69.7 Å². The van der Waals surface area contributed by atoms with Crippen LogP contribution in [0.25, 0.3) is 22.6 Å². The minimum absolute atomic E-state index is 0.135. The number of hydrogen-bond donors (Lipinski definition) is 2. The largest absolute Gasteiger partial charge is 0.478 e. The van der Waals surface area contributed by atoms with E-state index in [-0.39, 0.29) is 16.4 Å². The van der Waals surface area contributed by atoms with Crippen molar-refractivity contribution in [2.24, 2.45) is 5.41 Å². The van der Waals surface area contributed by atoms with Gasteiger partial charge in [0, 0.05) is 29.0 Å². The average molecular weight is 579 g/mol. The molecule has 4 aromatic rings. The number of rotatable bonds is 8. The molecule has 40 heavy (non-hydrogen) atoms. The van der Waals surface area contributed by atoms with Gasteiger partial charge in [-0.2, -0.15) is 4.98 Å². The molecule has 0 atom stereocenters. The number of carbonyl (C=O) groups is 1. The molecule has 2 aromatic heterocycles. The highest BCUT2D eigenvalue weighted by Gasteiger charge is 2.52. The zero-order valence-corrected chi connectivity index (χ0v) is 23.3. The second kappa shape index (κ2) is 9.63. The molecule has 0 radical (unpaired) electrons. The predicted molar refractivity (Wildman–Crippen MR) is 151 cm³/mol. The van der Waals surface area contributed by atoms with E-state index in [1.165, 1.54) is 0 Å². The van der Waals surface area contributed by atoms with Crippen molar-refractivity contribution in [3.63, 3.8) is 0 Å². The van der Waals surface area contributed by atoms with Crippen LogP contribution in [-0.2, 0) is 5.41 Å². The topological polar surface area (TPSA) is 114 Å². The lowest BCUT2D eigenvalue weighted by Crippen LogP contribution is -2.47. The van der Waals surface area contributed by atoms with Crippen molar-refractivity contribution in [1.29, 1.82) is 0 Å². The SMILES string of the molecule is O=C(O)c1cccc(-c2noc(C34CCC(CNc5c(-c6c(Cl)cccc6Cl)noc5C5CC5)(CC3)CC4)n2)c1. The summed E-state index contributed by atoms with van der Waals surface area (Å²) in [4.78, 5) is 16.1. The Morgan fingerprint density at radius 3 is 2.35 bits per heavy atom. The first-order chi connectivity index (χ1) is 19.4. The van der Waals surface area contributed by atoms with Crippen LogP contribution in [0.3, 0.4) is 0 Å². The molecule has 8 rings (SSSR count). The first-order valence-electron chi connectivity index (χ1n) is 13.7. The molecular weight excluding hydrogens is 551 g/mol. The highest BCUT2D eigenvalue weighted by atomic mass is 35.5. The second-order valence-electron chi connectivity index (χ2n) is 11.6. The van der Waals surface area contributed by atoms with E-state index < -0.39 is 5.97 Å². The summed E-state index contributed by atoms with van der Waals surface area (Å²) in [6.07, 6.45) is 8.21. The highest BCUT2D eigenvalue weighted by molar-refractivity contribution is 6.39. The number of benzene rings is 2. The predicted octanol–water partition coefficient (Wildman–Crippen LogP) is 7.98. The molecule has 0 amide bonds. The van der Waals surface area contributed by atoms with Crippen molar-refractivity contribution < 1.29 is 18.9 Å². The van der Waals surface area contributed by atoms with Gasteiger partial charge in [0.2, 0.25) is 11.7 Å². The molecule has 2 N–H and O–H groups in total. The third-order valence-corrected chi connectivity index (χ3v) is 9.79. The first kappa shape index (κ1) is 25.6. The standard InChI is InChI=1S/C30H28Cl2N4O4/c31-20-5-2-6-21(32)22(20)23-24(25(39-35-23)17-7-8-17)33-16-29-9-12-30(13-10-29,14-11-29)28-34-26(36-40-28)18-3-1-4-19(15-18)27(37)38/h1-6,15,17,33H,7-14,16H2,(H,37,38). The van der Waals surface area contributed by atoms with Crippen LogP contribution >= 0.6 is 23.2 Å². The molecule has 4 aliphatic rings. The number of anilines is 1. The Balaban J connectivity index is 1.09. The van der Waals surface area contributed by atoms with E-state index in [9.17, 15) is 9.90 Å². The van der Waals surface area contributed by atoms with Crippen LogP contribution in [0.15, 0.2) is 51.5 Å². The molecule has 4 fully saturated rings. The Kier molecular flexibility index (Phi) is 6.16. The summed E-state index contributed by atoms with van der Waals surface area (Å²) in [6.45, 7) is 0.816. The molecule has 2 bridgehead atoms. The summed E-state index contributed by atoms with van der Waals surface area (Å²) in [7, 11) is 0. The van der Waals surface area contributed by atoms with Gasteiger partial charge in [-0.1, -0.05) is 51.7 Å². The van der Waals surface area contributed by atoms with Crippen LogP contribution in [0.4, 0.5) is 5.69 Å². The number of fused-ring (bicyclic) bond motifs is 3. The van der Waals surface area contributed by atoms with E-state index in [1.54, 1.807) is 18.2 Å². The molecule has 0 unspecified atom stereocenters. The van der Waals surface area contributed by atoms with E-state index >= 15 is 0 Å². The van der Waals surface area contributed by atoms with Crippen molar-refractivity contribution in [2.45, 2.75) is 62.7 Å². The van der Waals surface area contributed by atoms with E-state index in [0.29, 0.717) is 44.5 Å².